The Kier molecular flexibility index (Phi) is 9.95. The molecule has 2 aromatic carbocycles. The first-order chi connectivity index (χ1) is 16.7. The van der Waals surface area contributed by atoms with E-state index in [0.717, 1.165) is 34.9 Å². The summed E-state index contributed by atoms with van der Waals surface area (Å²) in [6.07, 6.45) is 11.6. The molecule has 0 saturated heterocycles. The van der Waals surface area contributed by atoms with E-state index >= 15 is 0 Å². The van der Waals surface area contributed by atoms with Crippen LogP contribution in [0.1, 0.15) is 81.4 Å². The van der Waals surface area contributed by atoms with Gasteiger partial charge in [0.15, 0.2) is 0 Å². The molecule has 1 heterocycles. The monoisotopic (exact) mass is 589 g/mol. The number of hydrogen-bond acceptors (Lipinski definition) is 4. The van der Waals surface area contributed by atoms with Gasteiger partial charge in [0.1, 0.15) is 0 Å². The van der Waals surface area contributed by atoms with Crippen LogP contribution >= 0.6 is 31.4 Å². The summed E-state index contributed by atoms with van der Waals surface area (Å²) >= 11 is 0.0928. The summed E-state index contributed by atoms with van der Waals surface area (Å²) in [4.78, 5) is 5.01. The molecule has 1 aliphatic carbocycles. The molecule has 1 aromatic heterocycles. The van der Waals surface area contributed by atoms with Gasteiger partial charge >= 0.3 is 219 Å². The minimum atomic E-state index is -1.76. The van der Waals surface area contributed by atoms with Crippen molar-refractivity contribution in [2.45, 2.75) is 71.6 Å². The van der Waals surface area contributed by atoms with Crippen LogP contribution in [0.3, 0.4) is 0 Å². The third kappa shape index (κ3) is 6.88. The molecule has 0 radical (unpaired) electrons. The predicted octanol–water partition coefficient (Wildman–Crippen LogP) is 8.39. The number of aromatic nitrogens is 1. The maximum atomic E-state index is 5.28. The van der Waals surface area contributed by atoms with Crippen molar-refractivity contribution in [3.8, 4) is 0 Å². The molecule has 0 amide bonds. The Balaban J connectivity index is 1.51. The normalized spacial score (nSPS) is 19.2. The molecule has 0 spiro atoms. The number of fused-ring (bicyclic) bond motifs is 1. The molecule has 1 fully saturated rings. The SMILES string of the molecule is CCCNCCI(N=Cc1cc(C2CCC(CCC)CC2)ccc1C)c1nc2ccccc2s1. The zero-order valence-electron chi connectivity index (χ0n) is 21.0. The van der Waals surface area contributed by atoms with Gasteiger partial charge in [-0.2, -0.15) is 0 Å². The number of alkyl halides is 1. The van der Waals surface area contributed by atoms with E-state index < -0.39 is 20.1 Å². The summed E-state index contributed by atoms with van der Waals surface area (Å²) in [5.74, 6) is 1.67. The average Bonchev–Trinajstić information content (AvgIpc) is 3.29. The Morgan fingerprint density at radius 3 is 2.65 bits per heavy atom. The van der Waals surface area contributed by atoms with Crippen LogP contribution in [-0.2, 0) is 0 Å². The number of nitrogens with zero attached hydrogens (tertiary/aromatic N) is 2. The van der Waals surface area contributed by atoms with Crippen molar-refractivity contribution in [1.29, 1.82) is 0 Å². The van der Waals surface area contributed by atoms with Gasteiger partial charge < -0.3 is 0 Å². The number of benzene rings is 2. The van der Waals surface area contributed by atoms with Gasteiger partial charge in [-0.3, -0.25) is 0 Å². The Morgan fingerprint density at radius 1 is 1.06 bits per heavy atom. The zero-order chi connectivity index (χ0) is 23.8. The fraction of sp³-hybridized carbons (Fsp3) is 0.517. The van der Waals surface area contributed by atoms with Crippen LogP contribution in [0.4, 0.5) is 0 Å². The summed E-state index contributed by atoms with van der Waals surface area (Å²) in [6, 6.07) is 15.6. The summed E-state index contributed by atoms with van der Waals surface area (Å²) in [6.45, 7) is 8.88. The van der Waals surface area contributed by atoms with E-state index in [1.54, 1.807) is 0 Å². The number of hydrogen-bond donors (Lipinski definition) is 1. The predicted molar refractivity (Wildman–Crippen MR) is 159 cm³/mol. The molecule has 0 unspecified atom stereocenters. The molecule has 5 heteroatoms. The van der Waals surface area contributed by atoms with Crippen molar-refractivity contribution in [1.82, 2.24) is 10.3 Å². The van der Waals surface area contributed by atoms with Gasteiger partial charge in [-0.15, -0.1) is 0 Å². The van der Waals surface area contributed by atoms with Gasteiger partial charge in [-0.05, 0) is 0 Å². The van der Waals surface area contributed by atoms with E-state index in [4.69, 9.17) is 8.19 Å². The molecular weight excluding hydrogens is 549 g/mol. The molecular formula is C29H40IN3S. The molecule has 1 aliphatic rings. The van der Waals surface area contributed by atoms with Crippen molar-refractivity contribution in [2.75, 3.05) is 17.5 Å². The van der Waals surface area contributed by atoms with E-state index in [1.807, 2.05) is 11.3 Å². The molecule has 4 rings (SSSR count). The van der Waals surface area contributed by atoms with Crippen molar-refractivity contribution in [3.63, 3.8) is 0 Å². The third-order valence-corrected chi connectivity index (χ3v) is 13.5. The summed E-state index contributed by atoms with van der Waals surface area (Å²) in [7, 11) is 0. The van der Waals surface area contributed by atoms with Gasteiger partial charge in [0.2, 0.25) is 0 Å². The van der Waals surface area contributed by atoms with Crippen LogP contribution < -0.4 is 5.32 Å². The minimum absolute atomic E-state index is 0.720. The maximum absolute atomic E-state index is 5.28. The van der Waals surface area contributed by atoms with Gasteiger partial charge in [0, 0.05) is 0 Å². The van der Waals surface area contributed by atoms with E-state index in [0.29, 0.717) is 0 Å². The zero-order valence-corrected chi connectivity index (χ0v) is 24.0. The van der Waals surface area contributed by atoms with Crippen molar-refractivity contribution in [3.05, 3.63) is 62.2 Å². The molecule has 3 nitrogen and oxygen atoms in total. The van der Waals surface area contributed by atoms with Gasteiger partial charge in [-0.25, -0.2) is 0 Å². The summed E-state index contributed by atoms with van der Waals surface area (Å²) in [5.41, 5.74) is 5.28. The Labute approximate surface area is 217 Å². The van der Waals surface area contributed by atoms with E-state index in [2.05, 4.69) is 74.8 Å². The number of thiazole rings is 1. The van der Waals surface area contributed by atoms with Crippen molar-refractivity contribution >= 4 is 47.9 Å². The molecule has 0 atom stereocenters. The van der Waals surface area contributed by atoms with Crippen LogP contribution in [0.15, 0.2) is 45.7 Å². The first-order valence-electron chi connectivity index (χ1n) is 13.0. The number of aryl methyl sites for hydroxylation is 1. The fourth-order valence-electron chi connectivity index (χ4n) is 4.92. The molecule has 0 aliphatic heterocycles. The van der Waals surface area contributed by atoms with Crippen LogP contribution in [0.5, 0.6) is 0 Å². The fourth-order valence-corrected chi connectivity index (χ4v) is 11.0. The topological polar surface area (TPSA) is 37.3 Å². The van der Waals surface area contributed by atoms with Gasteiger partial charge in [0.05, 0.1) is 0 Å². The van der Waals surface area contributed by atoms with E-state index in [1.165, 1.54) is 69.4 Å². The van der Waals surface area contributed by atoms with Crippen LogP contribution in [-0.4, -0.2) is 28.7 Å². The second-order valence-corrected chi connectivity index (χ2v) is 15.9. The molecule has 34 heavy (non-hydrogen) atoms. The molecule has 3 aromatic rings. The van der Waals surface area contributed by atoms with Crippen molar-refractivity contribution in [2.24, 2.45) is 9.12 Å². The molecule has 0 bridgehead atoms. The third-order valence-electron chi connectivity index (χ3n) is 6.96. The Hall–Kier alpha value is -1.31. The number of para-hydroxylation sites is 1. The van der Waals surface area contributed by atoms with E-state index in [9.17, 15) is 0 Å². The van der Waals surface area contributed by atoms with Crippen molar-refractivity contribution < 1.29 is 0 Å². The van der Waals surface area contributed by atoms with Crippen LogP contribution in [0.2, 0.25) is 0 Å². The summed E-state index contributed by atoms with van der Waals surface area (Å²) in [5, 5.41) is 3.59. The standard InChI is InChI=1S/C29H40IN3S/c1-4-8-23-12-15-24(16-13-23)25-14-11-22(3)26(20-25)21-32-30(17-19-31-18-5-2)29-33-27-9-6-7-10-28(27)34-29/h6-7,9-11,14,20-21,23-24,31H,4-5,8,12-13,15-19H2,1-3H3. The molecule has 1 N–H and O–H groups in total. The van der Waals surface area contributed by atoms with Crippen LogP contribution in [0.25, 0.3) is 10.2 Å². The first-order valence-corrected chi connectivity index (χ1v) is 17.4. The number of nitrogens with one attached hydrogen (secondary N) is 1. The van der Waals surface area contributed by atoms with E-state index in [-0.39, 0.29) is 0 Å². The molecule has 1 saturated carbocycles. The first kappa shape index (κ1) is 25.8. The number of halogens is 1. The average molecular weight is 590 g/mol. The molecule has 184 valence electrons. The summed E-state index contributed by atoms with van der Waals surface area (Å²) < 4.78 is 8.97. The number of rotatable bonds is 11. The quantitative estimate of drug-likeness (QED) is 0.106. The Bertz CT molecular complexity index is 1040. The Morgan fingerprint density at radius 2 is 1.88 bits per heavy atom. The second-order valence-electron chi connectivity index (χ2n) is 9.56. The second kappa shape index (κ2) is 13.1. The van der Waals surface area contributed by atoms with Crippen LogP contribution in [0, 0.1) is 15.9 Å². The van der Waals surface area contributed by atoms with Gasteiger partial charge in [-0.1, -0.05) is 0 Å². The van der Waals surface area contributed by atoms with Gasteiger partial charge in [0.25, 0.3) is 0 Å².